The normalized spacial score (nSPS) is 10.9. The molecule has 7 nitrogen and oxygen atoms in total. The zero-order chi connectivity index (χ0) is 24.9. The smallest absolute Gasteiger partial charge is 0.343 e. The molecule has 0 aromatic heterocycles. The monoisotopic (exact) mass is 466 g/mol. The summed E-state index contributed by atoms with van der Waals surface area (Å²) < 4.78 is 16.0. The Bertz CT molecular complexity index is 1020. The molecule has 0 fully saturated rings. The second-order valence-corrected chi connectivity index (χ2v) is 7.68. The molecular formula is C27H30O7. The average molecular weight is 467 g/mol. The maximum absolute atomic E-state index is 12.4. The minimum Gasteiger partial charge on any atom is -0.494 e. The molecule has 0 aliphatic heterocycles. The maximum Gasteiger partial charge on any atom is 0.343 e. The molecule has 0 radical (unpaired) electrons. The summed E-state index contributed by atoms with van der Waals surface area (Å²) in [5.74, 6) is -1.15. The molecule has 7 heteroatoms. The summed E-state index contributed by atoms with van der Waals surface area (Å²) in [6.07, 6.45) is 4.74. The number of carboxylic acid groups (broad SMARTS) is 1. The summed E-state index contributed by atoms with van der Waals surface area (Å²) in [6.45, 7) is 7.70. The van der Waals surface area contributed by atoms with Gasteiger partial charge >= 0.3 is 17.9 Å². The molecule has 0 amide bonds. The highest BCUT2D eigenvalue weighted by molar-refractivity contribution is 5.93. The maximum atomic E-state index is 12.4. The molecule has 0 atom stereocenters. The van der Waals surface area contributed by atoms with Crippen molar-refractivity contribution in [3.63, 3.8) is 0 Å². The van der Waals surface area contributed by atoms with E-state index < -0.39 is 17.9 Å². The lowest BCUT2D eigenvalue weighted by molar-refractivity contribution is -0.139. The number of carboxylic acids is 1. The lowest BCUT2D eigenvalue weighted by Gasteiger charge is -2.08. The van der Waals surface area contributed by atoms with Crippen molar-refractivity contribution in [3.8, 4) is 11.5 Å². The highest BCUT2D eigenvalue weighted by Crippen LogP contribution is 2.19. The molecule has 0 saturated carbocycles. The van der Waals surface area contributed by atoms with Crippen molar-refractivity contribution in [1.29, 1.82) is 0 Å². The quantitative estimate of drug-likeness (QED) is 0.181. The number of carbonyl (C=O) groups excluding carboxylic acids is 2. The van der Waals surface area contributed by atoms with Gasteiger partial charge in [-0.25, -0.2) is 14.4 Å². The van der Waals surface area contributed by atoms with Crippen molar-refractivity contribution < 1.29 is 33.7 Å². The van der Waals surface area contributed by atoms with E-state index >= 15 is 0 Å². The Hall–Kier alpha value is -3.87. The fourth-order valence-corrected chi connectivity index (χ4v) is 2.85. The van der Waals surface area contributed by atoms with E-state index in [1.165, 1.54) is 13.0 Å². The number of benzene rings is 2. The van der Waals surface area contributed by atoms with Gasteiger partial charge in [0.25, 0.3) is 0 Å². The molecule has 0 aliphatic carbocycles. The van der Waals surface area contributed by atoms with Gasteiger partial charge in [0.1, 0.15) is 11.5 Å². The first kappa shape index (κ1) is 26.4. The topological polar surface area (TPSA) is 99.1 Å². The van der Waals surface area contributed by atoms with Crippen LogP contribution in [0, 0.1) is 0 Å². The van der Waals surface area contributed by atoms with Crippen molar-refractivity contribution in [1.82, 2.24) is 0 Å². The summed E-state index contributed by atoms with van der Waals surface area (Å²) in [5.41, 5.74) is 1.32. The Labute approximate surface area is 199 Å². The Morgan fingerprint density at radius 1 is 0.941 bits per heavy atom. The number of esters is 2. The Balaban J connectivity index is 1.93. The summed E-state index contributed by atoms with van der Waals surface area (Å²) in [5, 5.41) is 9.40. The minimum absolute atomic E-state index is 0.0450. The molecule has 2 rings (SSSR count). The lowest BCUT2D eigenvalue weighted by Crippen LogP contribution is -2.10. The standard InChI is InChI=1S/C27H30O7/c1-4-5-6-16-32-23-13-9-21(10-14-23)27(31)34-24-11-7-20(8-12-24)18-22(25(28)29)15-17-33-26(30)19(2)3/h7-14,18H,2,4-6,15-17H2,1,3H3,(H,28,29). The van der Waals surface area contributed by atoms with Gasteiger partial charge in [-0.2, -0.15) is 0 Å². The number of hydrogen-bond acceptors (Lipinski definition) is 6. The van der Waals surface area contributed by atoms with E-state index in [-0.39, 0.29) is 24.2 Å². The molecule has 2 aromatic carbocycles. The van der Waals surface area contributed by atoms with Gasteiger partial charge in [-0.15, -0.1) is 0 Å². The predicted octanol–water partition coefficient (Wildman–Crippen LogP) is 5.45. The zero-order valence-corrected chi connectivity index (χ0v) is 19.5. The molecule has 0 unspecified atom stereocenters. The third-order valence-corrected chi connectivity index (χ3v) is 4.77. The molecule has 2 aromatic rings. The third-order valence-electron chi connectivity index (χ3n) is 4.77. The molecular weight excluding hydrogens is 436 g/mol. The average Bonchev–Trinajstić information content (AvgIpc) is 2.82. The predicted molar refractivity (Wildman–Crippen MR) is 129 cm³/mol. The first-order valence-corrected chi connectivity index (χ1v) is 11.1. The molecule has 0 saturated heterocycles. The molecule has 34 heavy (non-hydrogen) atoms. The minimum atomic E-state index is -1.11. The first-order chi connectivity index (χ1) is 16.3. The number of unbranched alkanes of at least 4 members (excludes halogenated alkanes) is 2. The molecule has 180 valence electrons. The first-order valence-electron chi connectivity index (χ1n) is 11.1. The highest BCUT2D eigenvalue weighted by Gasteiger charge is 2.11. The van der Waals surface area contributed by atoms with E-state index in [2.05, 4.69) is 13.5 Å². The number of aliphatic carboxylic acids is 1. The molecule has 1 N–H and O–H groups in total. The van der Waals surface area contributed by atoms with Gasteiger partial charge in [0.05, 0.1) is 18.8 Å². The van der Waals surface area contributed by atoms with Crippen molar-refractivity contribution >= 4 is 24.0 Å². The van der Waals surface area contributed by atoms with E-state index in [0.717, 1.165) is 19.3 Å². The SMILES string of the molecule is C=C(C)C(=O)OCCC(=Cc1ccc(OC(=O)c2ccc(OCCCCC)cc2)cc1)C(=O)O. The van der Waals surface area contributed by atoms with E-state index in [4.69, 9.17) is 14.2 Å². The van der Waals surface area contributed by atoms with Crippen LogP contribution in [0.25, 0.3) is 6.08 Å². The number of rotatable bonds is 13. The Kier molecular flexibility index (Phi) is 10.6. The zero-order valence-electron chi connectivity index (χ0n) is 19.5. The summed E-state index contributed by atoms with van der Waals surface area (Å²) in [4.78, 5) is 35.3. The van der Waals surface area contributed by atoms with Gasteiger partial charge in [0.2, 0.25) is 0 Å². The van der Waals surface area contributed by atoms with Crippen LogP contribution < -0.4 is 9.47 Å². The summed E-state index contributed by atoms with van der Waals surface area (Å²) in [6, 6.07) is 13.2. The lowest BCUT2D eigenvalue weighted by atomic mass is 10.1. The number of ether oxygens (including phenoxy) is 3. The second-order valence-electron chi connectivity index (χ2n) is 7.68. The van der Waals surface area contributed by atoms with Gasteiger partial charge in [0.15, 0.2) is 0 Å². The highest BCUT2D eigenvalue weighted by atomic mass is 16.5. The molecule has 0 spiro atoms. The second kappa shape index (κ2) is 13.6. The molecule has 0 heterocycles. The van der Waals surface area contributed by atoms with E-state index in [0.29, 0.717) is 29.2 Å². The van der Waals surface area contributed by atoms with Crippen molar-refractivity contribution in [2.45, 2.75) is 39.5 Å². The van der Waals surface area contributed by atoms with Crippen LogP contribution in [0.5, 0.6) is 11.5 Å². The fourth-order valence-electron chi connectivity index (χ4n) is 2.85. The van der Waals surface area contributed by atoms with Crippen LogP contribution in [0.3, 0.4) is 0 Å². The summed E-state index contributed by atoms with van der Waals surface area (Å²) in [7, 11) is 0. The van der Waals surface area contributed by atoms with Crippen LogP contribution >= 0.6 is 0 Å². The Morgan fingerprint density at radius 2 is 1.59 bits per heavy atom. The van der Waals surface area contributed by atoms with E-state index in [1.54, 1.807) is 48.5 Å². The van der Waals surface area contributed by atoms with E-state index in [1.807, 2.05) is 0 Å². The van der Waals surface area contributed by atoms with Crippen LogP contribution in [0.4, 0.5) is 0 Å². The molecule has 0 aliphatic rings. The van der Waals surface area contributed by atoms with Crippen molar-refractivity contribution in [2.24, 2.45) is 0 Å². The third kappa shape index (κ3) is 8.94. The number of hydrogen-bond donors (Lipinski definition) is 1. The van der Waals surface area contributed by atoms with Gasteiger partial charge < -0.3 is 19.3 Å². The van der Waals surface area contributed by atoms with Gasteiger partial charge in [-0.3, -0.25) is 0 Å². The van der Waals surface area contributed by atoms with Gasteiger partial charge in [-0.05, 0) is 61.4 Å². The van der Waals surface area contributed by atoms with Crippen LogP contribution in [0.2, 0.25) is 0 Å². The van der Waals surface area contributed by atoms with E-state index in [9.17, 15) is 19.5 Å². The van der Waals surface area contributed by atoms with Crippen LogP contribution in [-0.4, -0.2) is 36.2 Å². The van der Waals surface area contributed by atoms with Crippen molar-refractivity contribution in [2.75, 3.05) is 13.2 Å². The largest absolute Gasteiger partial charge is 0.494 e. The van der Waals surface area contributed by atoms with Crippen molar-refractivity contribution in [3.05, 3.63) is 77.4 Å². The van der Waals surface area contributed by atoms with Crippen LogP contribution in [-0.2, 0) is 14.3 Å². The van der Waals surface area contributed by atoms with Gasteiger partial charge in [-0.1, -0.05) is 38.5 Å². The molecule has 0 bridgehead atoms. The Morgan fingerprint density at radius 3 is 2.18 bits per heavy atom. The summed E-state index contributed by atoms with van der Waals surface area (Å²) >= 11 is 0. The number of carbonyl (C=O) groups is 3. The van der Waals surface area contributed by atoms with Gasteiger partial charge in [0, 0.05) is 17.6 Å². The van der Waals surface area contributed by atoms with Crippen LogP contribution in [0.15, 0.2) is 66.3 Å². The fraction of sp³-hybridized carbons (Fsp3) is 0.296. The van der Waals surface area contributed by atoms with Crippen LogP contribution in [0.1, 0.15) is 55.5 Å².